The van der Waals surface area contributed by atoms with Crippen molar-refractivity contribution in [1.82, 2.24) is 15.1 Å². The van der Waals surface area contributed by atoms with Crippen molar-refractivity contribution in [1.29, 1.82) is 0 Å². The number of ether oxygens (including phenoxy) is 1. The van der Waals surface area contributed by atoms with Crippen molar-refractivity contribution in [3.63, 3.8) is 0 Å². The Kier molecular flexibility index (Phi) is 6.12. The SMILES string of the molecule is Cc1cc(C)cc(OCC(=O)N2CCN(c3ccc(-c4cccc5ccccc45)nn3)CC2)c1. The summed E-state index contributed by atoms with van der Waals surface area (Å²) in [4.78, 5) is 16.7. The minimum atomic E-state index is 0.0104. The molecule has 2 heterocycles. The second kappa shape index (κ2) is 9.51. The van der Waals surface area contributed by atoms with Crippen molar-refractivity contribution < 1.29 is 9.53 Å². The number of carbonyl (C=O) groups is 1. The molecule has 34 heavy (non-hydrogen) atoms. The lowest BCUT2D eigenvalue weighted by atomic mass is 10.0. The molecule has 172 valence electrons. The number of nitrogens with zero attached hydrogens (tertiary/aromatic N) is 4. The van der Waals surface area contributed by atoms with E-state index < -0.39 is 0 Å². The van der Waals surface area contributed by atoms with Gasteiger partial charge in [0.2, 0.25) is 0 Å². The summed E-state index contributed by atoms with van der Waals surface area (Å²) in [5.41, 5.74) is 4.20. The Morgan fingerprint density at radius 3 is 2.32 bits per heavy atom. The number of amides is 1. The molecular weight excluding hydrogens is 424 g/mol. The van der Waals surface area contributed by atoms with Gasteiger partial charge in [0, 0.05) is 31.7 Å². The molecule has 0 atom stereocenters. The molecule has 5 rings (SSSR count). The van der Waals surface area contributed by atoms with Crippen LogP contribution >= 0.6 is 0 Å². The number of hydrogen-bond acceptors (Lipinski definition) is 5. The van der Waals surface area contributed by atoms with Crippen LogP contribution in [-0.4, -0.2) is 53.8 Å². The Bertz CT molecular complexity index is 1290. The Hall–Kier alpha value is -3.93. The van der Waals surface area contributed by atoms with Crippen LogP contribution in [0.1, 0.15) is 11.1 Å². The van der Waals surface area contributed by atoms with Gasteiger partial charge < -0.3 is 14.5 Å². The minimum Gasteiger partial charge on any atom is -0.484 e. The number of piperazine rings is 1. The van der Waals surface area contributed by atoms with Crippen molar-refractivity contribution >= 4 is 22.5 Å². The molecule has 0 saturated carbocycles. The molecule has 0 spiro atoms. The van der Waals surface area contributed by atoms with Crippen LogP contribution in [0, 0.1) is 13.8 Å². The molecule has 0 unspecified atom stereocenters. The molecule has 3 aromatic carbocycles. The van der Waals surface area contributed by atoms with Crippen LogP contribution < -0.4 is 9.64 Å². The second-order valence-electron chi connectivity index (χ2n) is 8.78. The summed E-state index contributed by atoms with van der Waals surface area (Å²) in [6.07, 6.45) is 0. The summed E-state index contributed by atoms with van der Waals surface area (Å²) >= 11 is 0. The molecule has 1 saturated heterocycles. The van der Waals surface area contributed by atoms with Gasteiger partial charge in [0.15, 0.2) is 12.4 Å². The van der Waals surface area contributed by atoms with Crippen LogP contribution in [0.15, 0.2) is 72.8 Å². The third-order valence-corrected chi connectivity index (χ3v) is 6.23. The van der Waals surface area contributed by atoms with Crippen LogP contribution in [0.3, 0.4) is 0 Å². The molecular formula is C28H28N4O2. The highest BCUT2D eigenvalue weighted by molar-refractivity contribution is 5.95. The van der Waals surface area contributed by atoms with E-state index in [1.165, 1.54) is 10.8 Å². The molecule has 0 radical (unpaired) electrons. The fourth-order valence-electron chi connectivity index (χ4n) is 4.52. The van der Waals surface area contributed by atoms with Gasteiger partial charge in [-0.3, -0.25) is 4.79 Å². The van der Waals surface area contributed by atoms with Gasteiger partial charge >= 0.3 is 0 Å². The number of rotatable bonds is 5. The van der Waals surface area contributed by atoms with Gasteiger partial charge in [0.25, 0.3) is 5.91 Å². The Labute approximate surface area is 199 Å². The van der Waals surface area contributed by atoms with Gasteiger partial charge in [-0.25, -0.2) is 0 Å². The van der Waals surface area contributed by atoms with Gasteiger partial charge in [-0.2, -0.15) is 0 Å². The highest BCUT2D eigenvalue weighted by Crippen LogP contribution is 2.27. The van der Waals surface area contributed by atoms with E-state index in [1.54, 1.807) is 0 Å². The van der Waals surface area contributed by atoms with Gasteiger partial charge in [-0.15, -0.1) is 10.2 Å². The zero-order valence-corrected chi connectivity index (χ0v) is 19.6. The zero-order chi connectivity index (χ0) is 23.5. The van der Waals surface area contributed by atoms with Crippen LogP contribution in [0.5, 0.6) is 5.75 Å². The Morgan fingerprint density at radius 1 is 0.853 bits per heavy atom. The van der Waals surface area contributed by atoms with Gasteiger partial charge in [-0.05, 0) is 60.0 Å². The fourth-order valence-corrected chi connectivity index (χ4v) is 4.52. The summed E-state index contributed by atoms with van der Waals surface area (Å²) in [5, 5.41) is 11.4. The average molecular weight is 453 g/mol. The number of aromatic nitrogens is 2. The molecule has 4 aromatic rings. The molecule has 0 aliphatic carbocycles. The molecule has 0 N–H and O–H groups in total. The number of carbonyl (C=O) groups excluding carboxylic acids is 1. The molecule has 1 fully saturated rings. The second-order valence-corrected chi connectivity index (χ2v) is 8.78. The first-order chi connectivity index (χ1) is 16.6. The Morgan fingerprint density at radius 2 is 1.59 bits per heavy atom. The van der Waals surface area contributed by atoms with E-state index in [0.29, 0.717) is 13.1 Å². The maximum absolute atomic E-state index is 12.6. The monoisotopic (exact) mass is 452 g/mol. The molecule has 6 heteroatoms. The van der Waals surface area contributed by atoms with Crippen molar-refractivity contribution in [2.45, 2.75) is 13.8 Å². The minimum absolute atomic E-state index is 0.0104. The summed E-state index contributed by atoms with van der Waals surface area (Å²) in [6, 6.07) is 24.6. The third kappa shape index (κ3) is 4.71. The van der Waals surface area contributed by atoms with E-state index in [9.17, 15) is 4.79 Å². The zero-order valence-electron chi connectivity index (χ0n) is 19.6. The van der Waals surface area contributed by atoms with E-state index >= 15 is 0 Å². The van der Waals surface area contributed by atoms with Crippen LogP contribution in [0.25, 0.3) is 22.0 Å². The summed E-state index contributed by atoms with van der Waals surface area (Å²) in [7, 11) is 0. The normalized spacial score (nSPS) is 13.8. The molecule has 1 aromatic heterocycles. The van der Waals surface area contributed by atoms with Crippen molar-refractivity contribution in [2.24, 2.45) is 0 Å². The molecule has 1 amide bonds. The largest absolute Gasteiger partial charge is 0.484 e. The van der Waals surface area contributed by atoms with Gasteiger partial charge in [0.1, 0.15) is 5.75 Å². The van der Waals surface area contributed by atoms with Crippen LogP contribution in [0.4, 0.5) is 5.82 Å². The topological polar surface area (TPSA) is 58.6 Å². The maximum Gasteiger partial charge on any atom is 0.260 e. The number of aryl methyl sites for hydroxylation is 2. The average Bonchev–Trinajstić information content (AvgIpc) is 2.87. The fraction of sp³-hybridized carbons (Fsp3) is 0.250. The highest BCUT2D eigenvalue weighted by atomic mass is 16.5. The van der Waals surface area contributed by atoms with E-state index in [-0.39, 0.29) is 12.5 Å². The van der Waals surface area contributed by atoms with E-state index in [0.717, 1.165) is 47.0 Å². The lowest BCUT2D eigenvalue weighted by Gasteiger charge is -2.35. The Balaban J connectivity index is 1.19. The summed E-state index contributed by atoms with van der Waals surface area (Å²) in [6.45, 7) is 6.83. The third-order valence-electron chi connectivity index (χ3n) is 6.23. The van der Waals surface area contributed by atoms with Gasteiger partial charge in [-0.1, -0.05) is 48.5 Å². The first-order valence-electron chi connectivity index (χ1n) is 11.6. The first kappa shape index (κ1) is 21.9. The summed E-state index contributed by atoms with van der Waals surface area (Å²) < 4.78 is 5.75. The van der Waals surface area contributed by atoms with E-state index in [1.807, 2.05) is 61.2 Å². The number of fused-ring (bicyclic) bond motifs is 1. The van der Waals surface area contributed by atoms with Crippen molar-refractivity contribution in [3.05, 3.63) is 83.9 Å². The number of anilines is 1. The number of benzene rings is 3. The van der Waals surface area contributed by atoms with Crippen molar-refractivity contribution in [3.8, 4) is 17.0 Å². The molecule has 0 bridgehead atoms. The maximum atomic E-state index is 12.6. The number of hydrogen-bond donors (Lipinski definition) is 0. The predicted octanol–water partition coefficient (Wildman–Crippen LogP) is 4.64. The van der Waals surface area contributed by atoms with Crippen LogP contribution in [0.2, 0.25) is 0 Å². The molecule has 6 nitrogen and oxygen atoms in total. The smallest absolute Gasteiger partial charge is 0.260 e. The highest BCUT2D eigenvalue weighted by Gasteiger charge is 2.22. The first-order valence-corrected chi connectivity index (χ1v) is 11.6. The summed E-state index contributed by atoms with van der Waals surface area (Å²) in [5.74, 6) is 1.59. The lowest BCUT2D eigenvalue weighted by Crippen LogP contribution is -2.50. The van der Waals surface area contributed by atoms with Crippen molar-refractivity contribution in [2.75, 3.05) is 37.7 Å². The van der Waals surface area contributed by atoms with Crippen LogP contribution in [-0.2, 0) is 4.79 Å². The quantitative estimate of drug-likeness (QED) is 0.442. The lowest BCUT2D eigenvalue weighted by molar-refractivity contribution is -0.133. The standard InChI is InChI=1S/C28H28N4O2/c1-20-16-21(2)18-23(17-20)34-19-28(33)32-14-12-31(13-15-32)27-11-10-26(29-30-27)25-9-5-7-22-6-3-4-8-24(22)25/h3-11,16-18H,12-15,19H2,1-2H3. The predicted molar refractivity (Wildman–Crippen MR) is 135 cm³/mol. The van der Waals surface area contributed by atoms with E-state index in [4.69, 9.17) is 4.74 Å². The van der Waals surface area contributed by atoms with E-state index in [2.05, 4.69) is 45.4 Å². The molecule has 1 aliphatic heterocycles. The van der Waals surface area contributed by atoms with Gasteiger partial charge in [0.05, 0.1) is 5.69 Å². The molecule has 1 aliphatic rings.